The van der Waals surface area contributed by atoms with Crippen molar-refractivity contribution < 1.29 is 14.3 Å². The highest BCUT2D eigenvalue weighted by Gasteiger charge is 2.27. The van der Waals surface area contributed by atoms with E-state index in [4.69, 9.17) is 4.74 Å². The molecule has 2 heterocycles. The molecule has 1 aliphatic heterocycles. The highest BCUT2D eigenvalue weighted by atomic mass is 16.6. The molecule has 2 amide bonds. The van der Waals surface area contributed by atoms with E-state index in [-0.39, 0.29) is 18.6 Å². The van der Waals surface area contributed by atoms with Crippen LogP contribution in [0.5, 0.6) is 0 Å². The molecule has 0 unspecified atom stereocenters. The van der Waals surface area contributed by atoms with Crippen molar-refractivity contribution >= 4 is 12.0 Å². The number of carbonyl (C=O) groups is 2. The van der Waals surface area contributed by atoms with Gasteiger partial charge in [-0.2, -0.15) is 5.10 Å². The van der Waals surface area contributed by atoms with Crippen molar-refractivity contribution in [3.8, 4) is 16.9 Å². The predicted octanol–water partition coefficient (Wildman–Crippen LogP) is 5.02. The van der Waals surface area contributed by atoms with Crippen LogP contribution in [0, 0.1) is 0 Å². The fourth-order valence-electron chi connectivity index (χ4n) is 4.43. The van der Waals surface area contributed by atoms with Gasteiger partial charge < -0.3 is 14.5 Å². The molecule has 1 saturated heterocycles. The number of benzene rings is 3. The van der Waals surface area contributed by atoms with Gasteiger partial charge in [0.2, 0.25) is 0 Å². The average Bonchev–Trinajstić information content (AvgIpc) is 3.23. The standard InChI is InChI=1S/C29H28N4O3/c34-28(31-17-10-18-32(20-19-31)29(35)36-22-23-11-4-1-5-12-23)26-21-30-33(25-15-8-3-9-16-25)27(26)24-13-6-2-7-14-24/h1-9,11-16,21H,10,17-20,22H2. The first kappa shape index (κ1) is 23.4. The largest absolute Gasteiger partial charge is 0.445 e. The maximum absolute atomic E-state index is 13.7. The Labute approximate surface area is 210 Å². The van der Waals surface area contributed by atoms with Gasteiger partial charge in [0.1, 0.15) is 6.61 Å². The van der Waals surface area contributed by atoms with E-state index >= 15 is 0 Å². The second kappa shape index (κ2) is 10.9. The van der Waals surface area contributed by atoms with Crippen LogP contribution >= 0.6 is 0 Å². The molecule has 4 aromatic rings. The maximum Gasteiger partial charge on any atom is 0.410 e. The number of para-hydroxylation sites is 1. The van der Waals surface area contributed by atoms with E-state index < -0.39 is 0 Å². The van der Waals surface area contributed by atoms with Crippen LogP contribution in [0.15, 0.2) is 97.2 Å². The van der Waals surface area contributed by atoms with Crippen molar-refractivity contribution in [2.75, 3.05) is 26.2 Å². The van der Waals surface area contributed by atoms with Crippen LogP contribution in [0.25, 0.3) is 16.9 Å². The molecule has 0 saturated carbocycles. The molecule has 5 rings (SSSR count). The van der Waals surface area contributed by atoms with Crippen LogP contribution in [0.3, 0.4) is 0 Å². The minimum Gasteiger partial charge on any atom is -0.445 e. The monoisotopic (exact) mass is 480 g/mol. The zero-order chi connectivity index (χ0) is 24.7. The molecule has 0 aliphatic carbocycles. The van der Waals surface area contributed by atoms with Gasteiger partial charge in [-0.1, -0.05) is 78.9 Å². The summed E-state index contributed by atoms with van der Waals surface area (Å²) in [6, 6.07) is 29.3. The molecule has 1 fully saturated rings. The number of hydrogen-bond donors (Lipinski definition) is 0. The molecular weight excluding hydrogens is 452 g/mol. The van der Waals surface area contributed by atoms with E-state index in [1.54, 1.807) is 11.1 Å². The molecule has 7 nitrogen and oxygen atoms in total. The van der Waals surface area contributed by atoms with Gasteiger partial charge >= 0.3 is 6.09 Å². The summed E-state index contributed by atoms with van der Waals surface area (Å²) in [7, 11) is 0. The Morgan fingerprint density at radius 1 is 0.750 bits per heavy atom. The zero-order valence-electron chi connectivity index (χ0n) is 20.0. The molecule has 0 spiro atoms. The second-order valence-corrected chi connectivity index (χ2v) is 8.69. The lowest BCUT2D eigenvalue weighted by Gasteiger charge is -2.22. The Morgan fingerprint density at radius 2 is 1.36 bits per heavy atom. The van der Waals surface area contributed by atoms with Gasteiger partial charge in [-0.25, -0.2) is 9.48 Å². The van der Waals surface area contributed by atoms with Crippen molar-refractivity contribution in [1.82, 2.24) is 19.6 Å². The van der Waals surface area contributed by atoms with E-state index in [9.17, 15) is 9.59 Å². The van der Waals surface area contributed by atoms with Crippen LogP contribution < -0.4 is 0 Å². The first-order valence-electron chi connectivity index (χ1n) is 12.1. The van der Waals surface area contributed by atoms with Crippen LogP contribution in [0.1, 0.15) is 22.3 Å². The number of amides is 2. The number of aromatic nitrogens is 2. The third-order valence-corrected chi connectivity index (χ3v) is 6.29. The lowest BCUT2D eigenvalue weighted by molar-refractivity contribution is 0.0749. The summed E-state index contributed by atoms with van der Waals surface area (Å²) >= 11 is 0. The minimum atomic E-state index is -0.352. The average molecular weight is 481 g/mol. The molecule has 1 aliphatic rings. The van der Waals surface area contributed by atoms with Crippen molar-refractivity contribution in [2.24, 2.45) is 0 Å². The van der Waals surface area contributed by atoms with Crippen LogP contribution in [0.2, 0.25) is 0 Å². The Hall–Kier alpha value is -4.39. The summed E-state index contributed by atoms with van der Waals surface area (Å²) in [6.07, 6.45) is 1.98. The SMILES string of the molecule is O=C(OCc1ccccc1)N1CCCN(C(=O)c2cnn(-c3ccccc3)c2-c2ccccc2)CC1. The van der Waals surface area contributed by atoms with Crippen molar-refractivity contribution in [3.05, 3.63) is 108 Å². The van der Waals surface area contributed by atoms with Gasteiger partial charge in [-0.3, -0.25) is 4.79 Å². The van der Waals surface area contributed by atoms with Gasteiger partial charge in [0.05, 0.1) is 23.1 Å². The summed E-state index contributed by atoms with van der Waals surface area (Å²) in [6.45, 7) is 2.20. The Balaban J connectivity index is 1.32. The summed E-state index contributed by atoms with van der Waals surface area (Å²) in [5, 5.41) is 4.58. The van der Waals surface area contributed by atoms with E-state index in [1.165, 1.54) is 0 Å². The number of carbonyl (C=O) groups excluding carboxylic acids is 2. The van der Waals surface area contributed by atoms with Crippen LogP contribution in [-0.2, 0) is 11.3 Å². The quantitative estimate of drug-likeness (QED) is 0.402. The Kier molecular flexibility index (Phi) is 7.07. The van der Waals surface area contributed by atoms with E-state index in [1.807, 2.05) is 101 Å². The molecule has 0 N–H and O–H groups in total. The Bertz CT molecular complexity index is 1310. The normalized spacial score (nSPS) is 13.8. The summed E-state index contributed by atoms with van der Waals surface area (Å²) in [4.78, 5) is 29.9. The topological polar surface area (TPSA) is 67.7 Å². The zero-order valence-corrected chi connectivity index (χ0v) is 20.0. The first-order chi connectivity index (χ1) is 17.7. The fraction of sp³-hybridized carbons (Fsp3) is 0.207. The number of rotatable bonds is 5. The fourth-order valence-corrected chi connectivity index (χ4v) is 4.43. The van der Waals surface area contributed by atoms with Crippen LogP contribution in [0.4, 0.5) is 4.79 Å². The molecule has 36 heavy (non-hydrogen) atoms. The van der Waals surface area contributed by atoms with Gasteiger partial charge in [0.15, 0.2) is 0 Å². The van der Waals surface area contributed by atoms with Gasteiger partial charge in [-0.05, 0) is 24.1 Å². The highest BCUT2D eigenvalue weighted by Crippen LogP contribution is 2.28. The lowest BCUT2D eigenvalue weighted by atomic mass is 10.1. The van der Waals surface area contributed by atoms with E-state index in [0.717, 1.165) is 22.5 Å². The van der Waals surface area contributed by atoms with Crippen molar-refractivity contribution in [1.29, 1.82) is 0 Å². The molecule has 7 heteroatoms. The highest BCUT2D eigenvalue weighted by molar-refractivity contribution is 6.00. The molecule has 0 bridgehead atoms. The van der Waals surface area contributed by atoms with Gasteiger partial charge in [0, 0.05) is 31.7 Å². The number of ether oxygens (including phenoxy) is 1. The summed E-state index contributed by atoms with van der Waals surface area (Å²) in [5.74, 6) is -0.0875. The molecule has 3 aromatic carbocycles. The minimum absolute atomic E-state index is 0.0875. The maximum atomic E-state index is 13.7. The van der Waals surface area contributed by atoms with E-state index in [2.05, 4.69) is 5.10 Å². The smallest absolute Gasteiger partial charge is 0.410 e. The third kappa shape index (κ3) is 5.15. The van der Waals surface area contributed by atoms with Crippen molar-refractivity contribution in [3.63, 3.8) is 0 Å². The summed E-state index contributed by atoms with van der Waals surface area (Å²) < 4.78 is 7.32. The molecule has 0 radical (unpaired) electrons. The lowest BCUT2D eigenvalue weighted by Crippen LogP contribution is -2.37. The Morgan fingerprint density at radius 3 is 2.08 bits per heavy atom. The molecule has 182 valence electrons. The molecular formula is C29H28N4O3. The molecule has 0 atom stereocenters. The van der Waals surface area contributed by atoms with Gasteiger partial charge in [-0.15, -0.1) is 0 Å². The predicted molar refractivity (Wildman–Crippen MR) is 138 cm³/mol. The number of hydrogen-bond acceptors (Lipinski definition) is 4. The van der Waals surface area contributed by atoms with Crippen LogP contribution in [-0.4, -0.2) is 57.8 Å². The second-order valence-electron chi connectivity index (χ2n) is 8.69. The van der Waals surface area contributed by atoms with Crippen molar-refractivity contribution in [2.45, 2.75) is 13.0 Å². The van der Waals surface area contributed by atoms with Gasteiger partial charge in [0.25, 0.3) is 5.91 Å². The summed E-state index contributed by atoms with van der Waals surface area (Å²) in [5.41, 5.74) is 4.06. The number of nitrogens with zero attached hydrogens (tertiary/aromatic N) is 4. The molecule has 1 aromatic heterocycles. The first-order valence-corrected chi connectivity index (χ1v) is 12.1. The third-order valence-electron chi connectivity index (χ3n) is 6.29. The van der Waals surface area contributed by atoms with E-state index in [0.29, 0.717) is 38.2 Å².